The lowest BCUT2D eigenvalue weighted by Crippen LogP contribution is -2.39. The van der Waals surface area contributed by atoms with Gasteiger partial charge in [-0.3, -0.25) is 14.1 Å². The number of nitrogens with zero attached hydrogens (tertiary/aromatic N) is 2. The summed E-state index contributed by atoms with van der Waals surface area (Å²) in [7, 11) is -3.79. The second-order valence-corrected chi connectivity index (χ2v) is 10.8. The summed E-state index contributed by atoms with van der Waals surface area (Å²) in [4.78, 5) is 16.4. The Kier molecular flexibility index (Phi) is 8.99. The molecule has 0 bridgehead atoms. The van der Waals surface area contributed by atoms with Crippen molar-refractivity contribution in [2.24, 2.45) is 11.8 Å². The van der Waals surface area contributed by atoms with Crippen LogP contribution in [0.3, 0.4) is 0 Å². The van der Waals surface area contributed by atoms with Crippen molar-refractivity contribution < 1.29 is 13.2 Å². The topological polar surface area (TPSA) is 91.4 Å². The third kappa shape index (κ3) is 6.25. The molecule has 2 fully saturated rings. The summed E-state index contributed by atoms with van der Waals surface area (Å²) in [5.74, 6) is 0.382. The number of carbonyl (C=O) groups excluding carboxylic acids is 1. The Balaban J connectivity index is 0.00000171. The zero-order valence-corrected chi connectivity index (χ0v) is 21.7. The van der Waals surface area contributed by atoms with Crippen LogP contribution in [-0.2, 0) is 14.8 Å². The summed E-state index contributed by atoms with van der Waals surface area (Å²) in [6.07, 6.45) is 7.22. The van der Waals surface area contributed by atoms with Crippen molar-refractivity contribution >= 4 is 62.9 Å². The van der Waals surface area contributed by atoms with E-state index in [2.05, 4.69) is 15.6 Å². The SMILES string of the molecule is Cl.Cl.O=C(Nc1ccc(S(=O)(=O)N(CC2CCNCC2)c2ccc3cnccc3c2)cc1)C1CC1. The van der Waals surface area contributed by atoms with Gasteiger partial charge in [0.1, 0.15) is 0 Å². The summed E-state index contributed by atoms with van der Waals surface area (Å²) in [6, 6.07) is 14.1. The van der Waals surface area contributed by atoms with Crippen molar-refractivity contribution in [2.75, 3.05) is 29.3 Å². The number of halogens is 2. The fraction of sp³-hybridized carbons (Fsp3) is 0.360. The van der Waals surface area contributed by atoms with E-state index in [-0.39, 0.29) is 47.5 Å². The number of anilines is 2. The molecule has 1 amide bonds. The molecule has 35 heavy (non-hydrogen) atoms. The van der Waals surface area contributed by atoms with E-state index in [1.54, 1.807) is 41.0 Å². The molecule has 0 atom stereocenters. The molecule has 5 rings (SSSR count). The zero-order chi connectivity index (χ0) is 22.8. The standard InChI is InChI=1S/C25H28N4O3S.2ClH/c30-25(19-1-2-19)28-22-4-7-24(8-5-22)33(31,32)29(17-18-9-12-26-13-10-18)23-6-3-21-16-27-14-11-20(21)15-23;;/h3-8,11,14-16,18-19,26H,1-2,9-10,12-13,17H2,(H,28,30);2*1H. The van der Waals surface area contributed by atoms with Gasteiger partial charge in [0.05, 0.1) is 10.6 Å². The number of hydrogen-bond donors (Lipinski definition) is 2. The highest BCUT2D eigenvalue weighted by atomic mass is 35.5. The fourth-order valence-corrected chi connectivity index (χ4v) is 5.83. The van der Waals surface area contributed by atoms with Crippen molar-refractivity contribution in [3.05, 3.63) is 60.9 Å². The highest BCUT2D eigenvalue weighted by Gasteiger charge is 2.30. The van der Waals surface area contributed by atoms with Gasteiger partial charge in [-0.05, 0) is 92.5 Å². The molecule has 7 nitrogen and oxygen atoms in total. The number of hydrogen-bond acceptors (Lipinski definition) is 5. The van der Waals surface area contributed by atoms with Gasteiger partial charge in [-0.25, -0.2) is 8.42 Å². The molecule has 2 aliphatic rings. The zero-order valence-electron chi connectivity index (χ0n) is 19.2. The van der Waals surface area contributed by atoms with E-state index in [4.69, 9.17) is 0 Å². The van der Waals surface area contributed by atoms with Gasteiger partial charge in [-0.15, -0.1) is 24.8 Å². The minimum absolute atomic E-state index is 0. The van der Waals surface area contributed by atoms with E-state index in [1.165, 1.54) is 0 Å². The average Bonchev–Trinajstić information content (AvgIpc) is 3.69. The highest BCUT2D eigenvalue weighted by Crippen LogP contribution is 2.32. The van der Waals surface area contributed by atoms with Gasteiger partial charge in [-0.1, -0.05) is 6.07 Å². The molecule has 1 aliphatic heterocycles. The van der Waals surface area contributed by atoms with Crippen LogP contribution in [0.5, 0.6) is 0 Å². The van der Waals surface area contributed by atoms with E-state index in [0.29, 0.717) is 17.9 Å². The quantitative estimate of drug-likeness (QED) is 0.459. The number of carbonyl (C=O) groups is 1. The Bertz CT molecular complexity index is 1260. The van der Waals surface area contributed by atoms with Crippen LogP contribution in [0.15, 0.2) is 65.8 Å². The molecule has 1 aromatic heterocycles. The van der Waals surface area contributed by atoms with Crippen molar-refractivity contribution in [1.82, 2.24) is 10.3 Å². The maximum atomic E-state index is 13.8. The molecular formula is C25H30Cl2N4O3S. The van der Waals surface area contributed by atoms with Crippen LogP contribution >= 0.6 is 24.8 Å². The minimum Gasteiger partial charge on any atom is -0.326 e. The minimum atomic E-state index is -3.79. The Hall–Kier alpha value is -2.39. The van der Waals surface area contributed by atoms with Crippen LogP contribution in [0, 0.1) is 11.8 Å². The summed E-state index contributed by atoms with van der Waals surface area (Å²) >= 11 is 0. The smallest absolute Gasteiger partial charge is 0.264 e. The van der Waals surface area contributed by atoms with Gasteiger partial charge in [0.2, 0.25) is 5.91 Å². The van der Waals surface area contributed by atoms with Gasteiger partial charge in [-0.2, -0.15) is 0 Å². The molecule has 3 aromatic rings. The molecule has 1 aliphatic carbocycles. The Morgan fingerprint density at radius 2 is 1.69 bits per heavy atom. The van der Waals surface area contributed by atoms with Gasteiger partial charge < -0.3 is 10.6 Å². The van der Waals surface area contributed by atoms with Crippen LogP contribution in [0.2, 0.25) is 0 Å². The van der Waals surface area contributed by atoms with Crippen LogP contribution in [0.4, 0.5) is 11.4 Å². The van der Waals surface area contributed by atoms with Crippen molar-refractivity contribution in [2.45, 2.75) is 30.6 Å². The number of fused-ring (bicyclic) bond motifs is 1. The molecular weight excluding hydrogens is 507 g/mol. The number of benzene rings is 2. The summed E-state index contributed by atoms with van der Waals surface area (Å²) in [5, 5.41) is 8.13. The lowest BCUT2D eigenvalue weighted by atomic mass is 9.98. The van der Waals surface area contributed by atoms with Crippen molar-refractivity contribution in [1.29, 1.82) is 0 Å². The fourth-order valence-electron chi connectivity index (χ4n) is 4.29. The maximum absolute atomic E-state index is 13.8. The van der Waals surface area contributed by atoms with E-state index >= 15 is 0 Å². The maximum Gasteiger partial charge on any atom is 0.264 e. The third-order valence-corrected chi connectivity index (χ3v) is 8.26. The predicted octanol–water partition coefficient (Wildman–Crippen LogP) is 4.62. The summed E-state index contributed by atoms with van der Waals surface area (Å²) in [5.41, 5.74) is 1.27. The molecule has 0 radical (unpaired) electrons. The van der Waals surface area contributed by atoms with Gasteiger partial charge in [0.25, 0.3) is 10.0 Å². The Labute approximate surface area is 218 Å². The van der Waals surface area contributed by atoms with Crippen LogP contribution in [-0.4, -0.2) is 38.9 Å². The number of piperidine rings is 1. The van der Waals surface area contributed by atoms with E-state index < -0.39 is 10.0 Å². The van der Waals surface area contributed by atoms with Crippen LogP contribution in [0.1, 0.15) is 25.7 Å². The molecule has 2 heterocycles. The van der Waals surface area contributed by atoms with Gasteiger partial charge in [0.15, 0.2) is 0 Å². The second kappa shape index (κ2) is 11.6. The number of aromatic nitrogens is 1. The number of sulfonamides is 1. The second-order valence-electron chi connectivity index (χ2n) is 8.92. The molecule has 2 aromatic carbocycles. The lowest BCUT2D eigenvalue weighted by Gasteiger charge is -2.31. The van der Waals surface area contributed by atoms with E-state index in [0.717, 1.165) is 49.5 Å². The first-order valence-corrected chi connectivity index (χ1v) is 12.9. The average molecular weight is 538 g/mol. The molecule has 0 unspecified atom stereocenters. The monoisotopic (exact) mass is 536 g/mol. The number of nitrogens with one attached hydrogen (secondary N) is 2. The summed E-state index contributed by atoms with van der Waals surface area (Å²) in [6.45, 7) is 2.23. The number of rotatable bonds is 7. The highest BCUT2D eigenvalue weighted by molar-refractivity contribution is 7.92. The molecule has 1 saturated carbocycles. The molecule has 1 saturated heterocycles. The first-order chi connectivity index (χ1) is 16.0. The third-order valence-electron chi connectivity index (χ3n) is 6.45. The van der Waals surface area contributed by atoms with Crippen LogP contribution < -0.4 is 14.9 Å². The molecule has 0 spiro atoms. The Morgan fingerprint density at radius 3 is 2.37 bits per heavy atom. The van der Waals surface area contributed by atoms with Crippen molar-refractivity contribution in [3.63, 3.8) is 0 Å². The van der Waals surface area contributed by atoms with Crippen LogP contribution in [0.25, 0.3) is 10.8 Å². The first kappa shape index (κ1) is 27.2. The van der Waals surface area contributed by atoms with Crippen molar-refractivity contribution in [3.8, 4) is 0 Å². The number of pyridine rings is 1. The molecule has 188 valence electrons. The molecule has 10 heteroatoms. The lowest BCUT2D eigenvalue weighted by molar-refractivity contribution is -0.117. The largest absolute Gasteiger partial charge is 0.326 e. The predicted molar refractivity (Wildman–Crippen MR) is 144 cm³/mol. The summed E-state index contributed by atoms with van der Waals surface area (Å²) < 4.78 is 29.2. The Morgan fingerprint density at radius 1 is 0.971 bits per heavy atom. The first-order valence-electron chi connectivity index (χ1n) is 11.5. The normalized spacial score (nSPS) is 16.1. The van der Waals surface area contributed by atoms with Gasteiger partial charge >= 0.3 is 0 Å². The van der Waals surface area contributed by atoms with Gasteiger partial charge in [0, 0.05) is 35.9 Å². The molecule has 2 N–H and O–H groups in total. The van der Waals surface area contributed by atoms with E-state index in [1.807, 2.05) is 24.3 Å². The number of amides is 1. The van der Waals surface area contributed by atoms with E-state index in [9.17, 15) is 13.2 Å².